The van der Waals surface area contributed by atoms with Crippen molar-refractivity contribution in [2.24, 2.45) is 0 Å². The van der Waals surface area contributed by atoms with Crippen molar-refractivity contribution in [2.75, 3.05) is 0 Å². The largest absolute Gasteiger partial charge is 0.480 e. The maximum Gasteiger partial charge on any atom is 0.328 e. The number of hydrogen-bond donors (Lipinski definition) is 2. The number of carboxylic acid groups (broad SMARTS) is 2. The van der Waals surface area contributed by atoms with Crippen molar-refractivity contribution in [2.45, 2.75) is 12.2 Å². The zero-order valence-electron chi connectivity index (χ0n) is 5.60. The predicted molar refractivity (Wildman–Crippen MR) is 37.3 cm³/mol. The molecule has 0 heterocycles. The van der Waals surface area contributed by atoms with Crippen LogP contribution >= 0.6 is 11.8 Å². The minimum absolute atomic E-state index is 0.278. The Bertz CT molecular complexity index is 185. The Hall–Kier alpha value is -1.04. The van der Waals surface area contributed by atoms with Crippen molar-refractivity contribution in [3.05, 3.63) is 0 Å². The summed E-state index contributed by atoms with van der Waals surface area (Å²) in [7, 11) is 0. The van der Waals surface area contributed by atoms with Gasteiger partial charge in [0, 0.05) is 6.92 Å². The van der Waals surface area contributed by atoms with Crippen molar-refractivity contribution in [1.82, 2.24) is 0 Å². The fraction of sp³-hybridized carbons (Fsp3) is 0.400. The third kappa shape index (κ3) is 3.61. The second-order valence-electron chi connectivity index (χ2n) is 1.67. The van der Waals surface area contributed by atoms with Gasteiger partial charge in [-0.15, -0.1) is 0 Å². The highest BCUT2D eigenvalue weighted by Crippen LogP contribution is 2.11. The molecule has 0 aliphatic rings. The Labute approximate surface area is 66.4 Å². The number of carbonyl (C=O) groups excluding carboxylic acids is 1. The van der Waals surface area contributed by atoms with E-state index in [0.717, 1.165) is 6.92 Å². The first-order valence-corrected chi connectivity index (χ1v) is 3.46. The van der Waals surface area contributed by atoms with Crippen LogP contribution in [-0.4, -0.2) is 32.5 Å². The average molecular weight is 178 g/mol. The van der Waals surface area contributed by atoms with E-state index >= 15 is 0 Å². The van der Waals surface area contributed by atoms with Crippen LogP contribution in [-0.2, 0) is 14.4 Å². The first-order valence-electron chi connectivity index (χ1n) is 2.58. The number of rotatable bonds is 3. The van der Waals surface area contributed by atoms with E-state index in [-0.39, 0.29) is 11.8 Å². The first-order chi connectivity index (χ1) is 4.95. The molecule has 6 heteroatoms. The number of aliphatic carboxylic acids is 2. The molecule has 0 saturated heterocycles. The zero-order chi connectivity index (χ0) is 9.02. The lowest BCUT2D eigenvalue weighted by molar-refractivity contribution is -0.146. The number of carboxylic acids is 2. The molecule has 0 aromatic rings. The van der Waals surface area contributed by atoms with Gasteiger partial charge in [0.05, 0.1) is 0 Å². The highest BCUT2D eigenvalue weighted by atomic mass is 32.2. The molecule has 62 valence electrons. The van der Waals surface area contributed by atoms with Gasteiger partial charge in [-0.1, -0.05) is 11.8 Å². The first kappa shape index (κ1) is 9.96. The minimum atomic E-state index is -1.69. The highest BCUT2D eigenvalue weighted by Gasteiger charge is 2.27. The summed E-state index contributed by atoms with van der Waals surface area (Å²) in [5.74, 6) is -3.03. The Morgan fingerprint density at radius 3 is 1.64 bits per heavy atom. The van der Waals surface area contributed by atoms with E-state index in [2.05, 4.69) is 0 Å². The van der Waals surface area contributed by atoms with Crippen LogP contribution in [0.4, 0.5) is 0 Å². The molecule has 5 nitrogen and oxygen atoms in total. The lowest BCUT2D eigenvalue weighted by Gasteiger charge is -2.01. The molecule has 0 aromatic heterocycles. The van der Waals surface area contributed by atoms with Gasteiger partial charge >= 0.3 is 11.9 Å². The molecule has 0 atom stereocenters. The molecule has 0 unspecified atom stereocenters. The molecule has 0 saturated carbocycles. The van der Waals surface area contributed by atoms with Gasteiger partial charge < -0.3 is 10.2 Å². The Morgan fingerprint density at radius 1 is 1.18 bits per heavy atom. The summed E-state index contributed by atoms with van der Waals surface area (Å²) in [4.78, 5) is 30.5. The van der Waals surface area contributed by atoms with Gasteiger partial charge in [0.15, 0.2) is 5.12 Å². The van der Waals surface area contributed by atoms with E-state index < -0.39 is 22.3 Å². The van der Waals surface area contributed by atoms with Crippen LogP contribution in [0.5, 0.6) is 0 Å². The van der Waals surface area contributed by atoms with Crippen LogP contribution in [0.2, 0.25) is 0 Å². The molecular formula is C5H6O5S. The standard InChI is InChI=1S/C5H6O5S/c1-2(6)11-3(4(7)8)5(9)10/h3H,1H3,(H,7,8)(H,9,10). The van der Waals surface area contributed by atoms with Crippen molar-refractivity contribution in [1.29, 1.82) is 0 Å². The van der Waals surface area contributed by atoms with Crippen LogP contribution in [0.15, 0.2) is 0 Å². The summed E-state index contributed by atoms with van der Waals surface area (Å²) >= 11 is 0.278. The van der Waals surface area contributed by atoms with E-state index in [1.165, 1.54) is 0 Å². The van der Waals surface area contributed by atoms with Crippen LogP contribution in [0.1, 0.15) is 6.92 Å². The molecule has 0 aliphatic carbocycles. The predicted octanol–water partition coefficient (Wildman–Crippen LogP) is -0.196. The highest BCUT2D eigenvalue weighted by molar-refractivity contribution is 8.15. The van der Waals surface area contributed by atoms with Crippen LogP contribution in [0.25, 0.3) is 0 Å². The molecule has 0 rings (SSSR count). The Kier molecular flexibility index (Phi) is 3.59. The van der Waals surface area contributed by atoms with Crippen LogP contribution < -0.4 is 0 Å². The van der Waals surface area contributed by atoms with E-state index in [4.69, 9.17) is 10.2 Å². The molecule has 0 radical (unpaired) electrons. The van der Waals surface area contributed by atoms with Gasteiger partial charge in [0.2, 0.25) is 5.25 Å². The summed E-state index contributed by atoms with van der Waals surface area (Å²) in [6, 6.07) is 0. The van der Waals surface area contributed by atoms with Gasteiger partial charge in [-0.3, -0.25) is 14.4 Å². The summed E-state index contributed by atoms with van der Waals surface area (Å²) in [6.45, 7) is 1.11. The fourth-order valence-corrected chi connectivity index (χ4v) is 0.906. The minimum Gasteiger partial charge on any atom is -0.480 e. The lowest BCUT2D eigenvalue weighted by Crippen LogP contribution is -2.27. The molecule has 2 N–H and O–H groups in total. The molecular weight excluding hydrogens is 172 g/mol. The summed E-state index contributed by atoms with van der Waals surface area (Å²) in [5, 5.41) is 14.3. The SMILES string of the molecule is CC(=O)SC(C(=O)O)C(=O)O. The van der Waals surface area contributed by atoms with E-state index in [0.29, 0.717) is 0 Å². The van der Waals surface area contributed by atoms with Crippen molar-refractivity contribution >= 4 is 28.8 Å². The molecule has 0 aromatic carbocycles. The smallest absolute Gasteiger partial charge is 0.328 e. The molecule has 0 spiro atoms. The summed E-state index contributed by atoms with van der Waals surface area (Å²) in [5.41, 5.74) is 0. The van der Waals surface area contributed by atoms with Gasteiger partial charge in [-0.05, 0) is 0 Å². The Balaban J connectivity index is 4.23. The van der Waals surface area contributed by atoms with Crippen LogP contribution in [0, 0.1) is 0 Å². The van der Waals surface area contributed by atoms with Gasteiger partial charge in [-0.2, -0.15) is 0 Å². The maximum atomic E-state index is 10.3. The monoisotopic (exact) mass is 178 g/mol. The number of thioether (sulfide) groups is 1. The maximum absolute atomic E-state index is 10.3. The second-order valence-corrected chi connectivity index (χ2v) is 2.95. The van der Waals surface area contributed by atoms with Gasteiger partial charge in [0.25, 0.3) is 0 Å². The topological polar surface area (TPSA) is 91.7 Å². The molecule has 0 aliphatic heterocycles. The van der Waals surface area contributed by atoms with E-state index in [1.54, 1.807) is 0 Å². The summed E-state index contributed by atoms with van der Waals surface area (Å²) < 4.78 is 0. The molecule has 11 heavy (non-hydrogen) atoms. The normalized spacial score (nSPS) is 9.64. The number of hydrogen-bond acceptors (Lipinski definition) is 4. The van der Waals surface area contributed by atoms with Gasteiger partial charge in [0.1, 0.15) is 0 Å². The van der Waals surface area contributed by atoms with Crippen molar-refractivity contribution in [3.63, 3.8) is 0 Å². The quantitative estimate of drug-likeness (QED) is 0.581. The van der Waals surface area contributed by atoms with Crippen molar-refractivity contribution in [3.8, 4) is 0 Å². The Morgan fingerprint density at radius 2 is 1.55 bits per heavy atom. The molecule has 0 bridgehead atoms. The second kappa shape index (κ2) is 3.97. The zero-order valence-corrected chi connectivity index (χ0v) is 6.42. The van der Waals surface area contributed by atoms with Gasteiger partial charge in [-0.25, -0.2) is 0 Å². The lowest BCUT2D eigenvalue weighted by atomic mass is 10.4. The molecule has 0 fully saturated rings. The third-order valence-electron chi connectivity index (χ3n) is 0.732. The number of carbonyl (C=O) groups is 3. The summed E-state index contributed by atoms with van der Waals surface area (Å²) in [6.07, 6.45) is 0. The van der Waals surface area contributed by atoms with Crippen molar-refractivity contribution < 1.29 is 24.6 Å². The average Bonchev–Trinajstić information content (AvgIpc) is 1.81. The molecule has 0 amide bonds. The van der Waals surface area contributed by atoms with Crippen LogP contribution in [0.3, 0.4) is 0 Å². The third-order valence-corrected chi connectivity index (χ3v) is 1.70. The van der Waals surface area contributed by atoms with E-state index in [9.17, 15) is 14.4 Å². The fourth-order valence-electron chi connectivity index (χ4n) is 0.372. The van der Waals surface area contributed by atoms with E-state index in [1.807, 2.05) is 0 Å².